The second kappa shape index (κ2) is 6.87. The molecular formula is C13H23N3OS. The average Bonchev–Trinajstić information content (AvgIpc) is 2.64. The van der Waals surface area contributed by atoms with Gasteiger partial charge in [0.15, 0.2) is 0 Å². The summed E-state index contributed by atoms with van der Waals surface area (Å²) in [7, 11) is 1.94. The summed E-state index contributed by atoms with van der Waals surface area (Å²) >= 11 is 1.70. The molecule has 4 nitrogen and oxygen atoms in total. The number of carbonyl (C=O) groups is 1. The number of nitrogens with zero attached hydrogens (tertiary/aromatic N) is 1. The van der Waals surface area contributed by atoms with Crippen LogP contribution in [0.1, 0.15) is 30.3 Å². The lowest BCUT2D eigenvalue weighted by Crippen LogP contribution is -2.41. The van der Waals surface area contributed by atoms with Crippen LogP contribution in [-0.2, 0) is 4.79 Å². The first-order valence-electron chi connectivity index (χ1n) is 6.19. The Morgan fingerprint density at radius 3 is 2.67 bits per heavy atom. The molecule has 1 rings (SSSR count). The number of likely N-dealkylation sites (N-methyl/N-ethyl adjacent to an activating group) is 1. The first-order valence-corrected chi connectivity index (χ1v) is 7.07. The average molecular weight is 269 g/mol. The Bertz CT molecular complexity index is 389. The second-order valence-corrected chi connectivity index (χ2v) is 5.80. The first kappa shape index (κ1) is 15.1. The Morgan fingerprint density at radius 2 is 2.22 bits per heavy atom. The normalized spacial score (nSPS) is 13.1. The van der Waals surface area contributed by atoms with E-state index >= 15 is 0 Å². The maximum Gasteiger partial charge on any atom is 0.234 e. The lowest BCUT2D eigenvalue weighted by atomic mass is 10.1. The van der Waals surface area contributed by atoms with E-state index in [-0.39, 0.29) is 18.0 Å². The third kappa shape index (κ3) is 4.08. The zero-order chi connectivity index (χ0) is 13.7. The molecular weight excluding hydrogens is 246 g/mol. The van der Waals surface area contributed by atoms with Gasteiger partial charge in [0.25, 0.3) is 0 Å². The topological polar surface area (TPSA) is 58.4 Å². The van der Waals surface area contributed by atoms with Crippen molar-refractivity contribution in [1.29, 1.82) is 0 Å². The van der Waals surface area contributed by atoms with Gasteiger partial charge in [-0.25, -0.2) is 0 Å². The molecule has 0 radical (unpaired) electrons. The maximum absolute atomic E-state index is 11.7. The van der Waals surface area contributed by atoms with Gasteiger partial charge in [-0.1, -0.05) is 0 Å². The first-order chi connectivity index (χ1) is 8.45. The molecule has 0 bridgehead atoms. The molecule has 1 aromatic heterocycles. The van der Waals surface area contributed by atoms with Gasteiger partial charge in [-0.05, 0) is 44.8 Å². The van der Waals surface area contributed by atoms with Crippen molar-refractivity contribution in [2.45, 2.75) is 32.9 Å². The summed E-state index contributed by atoms with van der Waals surface area (Å²) in [6, 6.07) is 2.37. The van der Waals surface area contributed by atoms with Gasteiger partial charge in [0.05, 0.1) is 12.6 Å². The van der Waals surface area contributed by atoms with E-state index in [2.05, 4.69) is 23.7 Å². The number of thiophene rings is 1. The third-order valence-electron chi connectivity index (χ3n) is 2.80. The molecule has 0 saturated heterocycles. The van der Waals surface area contributed by atoms with Crippen LogP contribution in [0.5, 0.6) is 0 Å². The van der Waals surface area contributed by atoms with Crippen molar-refractivity contribution in [2.75, 3.05) is 20.1 Å². The summed E-state index contributed by atoms with van der Waals surface area (Å²) in [6.07, 6.45) is 0. The van der Waals surface area contributed by atoms with Gasteiger partial charge in [-0.15, -0.1) is 11.3 Å². The number of hydrogen-bond acceptors (Lipinski definition) is 4. The van der Waals surface area contributed by atoms with E-state index in [0.29, 0.717) is 13.1 Å². The van der Waals surface area contributed by atoms with Gasteiger partial charge < -0.3 is 11.1 Å². The van der Waals surface area contributed by atoms with E-state index in [1.807, 2.05) is 25.8 Å². The highest BCUT2D eigenvalue weighted by atomic mass is 32.1. The van der Waals surface area contributed by atoms with Crippen LogP contribution in [0.4, 0.5) is 0 Å². The van der Waals surface area contributed by atoms with Crippen LogP contribution in [0.2, 0.25) is 0 Å². The standard InChI is InChI=1S/C13H23N3OS/c1-9(2)15-12(17)8-16(4)11(7-14)13-10(3)5-6-18-13/h5-6,9,11H,7-8,14H2,1-4H3,(H,15,17). The zero-order valence-electron chi connectivity index (χ0n) is 11.6. The highest BCUT2D eigenvalue weighted by Gasteiger charge is 2.20. The predicted octanol–water partition coefficient (Wildman–Crippen LogP) is 1.51. The molecule has 0 aliphatic carbocycles. The quantitative estimate of drug-likeness (QED) is 0.823. The SMILES string of the molecule is Cc1ccsc1C(CN)N(C)CC(=O)NC(C)C. The number of nitrogens with two attached hydrogens (primary N) is 1. The Hall–Kier alpha value is -0.910. The van der Waals surface area contributed by atoms with Crippen molar-refractivity contribution in [2.24, 2.45) is 5.73 Å². The van der Waals surface area contributed by atoms with E-state index in [1.165, 1.54) is 10.4 Å². The van der Waals surface area contributed by atoms with Crippen molar-refractivity contribution in [3.63, 3.8) is 0 Å². The number of nitrogens with one attached hydrogen (secondary N) is 1. The molecule has 1 atom stereocenters. The van der Waals surface area contributed by atoms with Crippen LogP contribution in [0, 0.1) is 6.92 Å². The van der Waals surface area contributed by atoms with Crippen molar-refractivity contribution < 1.29 is 4.79 Å². The maximum atomic E-state index is 11.7. The minimum atomic E-state index is 0.0418. The Kier molecular flexibility index (Phi) is 5.78. The summed E-state index contributed by atoms with van der Waals surface area (Å²) in [6.45, 7) is 6.89. The van der Waals surface area contributed by atoms with E-state index in [4.69, 9.17) is 5.73 Å². The molecule has 18 heavy (non-hydrogen) atoms. The number of aryl methyl sites for hydroxylation is 1. The highest BCUT2D eigenvalue weighted by Crippen LogP contribution is 2.26. The molecule has 0 fully saturated rings. The highest BCUT2D eigenvalue weighted by molar-refractivity contribution is 7.10. The fraction of sp³-hybridized carbons (Fsp3) is 0.615. The summed E-state index contributed by atoms with van der Waals surface area (Å²) in [4.78, 5) is 15.0. The van der Waals surface area contributed by atoms with E-state index in [9.17, 15) is 4.79 Å². The minimum Gasteiger partial charge on any atom is -0.353 e. The number of rotatable bonds is 6. The molecule has 0 saturated carbocycles. The molecule has 1 amide bonds. The molecule has 1 heterocycles. The van der Waals surface area contributed by atoms with Gasteiger partial charge in [-0.2, -0.15) is 0 Å². The Morgan fingerprint density at radius 1 is 1.56 bits per heavy atom. The van der Waals surface area contributed by atoms with Crippen LogP contribution in [-0.4, -0.2) is 37.0 Å². The van der Waals surface area contributed by atoms with Crippen molar-refractivity contribution in [3.05, 3.63) is 21.9 Å². The zero-order valence-corrected chi connectivity index (χ0v) is 12.4. The van der Waals surface area contributed by atoms with Crippen LogP contribution < -0.4 is 11.1 Å². The summed E-state index contributed by atoms with van der Waals surface area (Å²) in [5.41, 5.74) is 7.09. The van der Waals surface area contributed by atoms with E-state index in [1.54, 1.807) is 11.3 Å². The molecule has 0 spiro atoms. The smallest absolute Gasteiger partial charge is 0.234 e. The van der Waals surface area contributed by atoms with Crippen LogP contribution in [0.15, 0.2) is 11.4 Å². The Balaban J connectivity index is 2.66. The van der Waals surface area contributed by atoms with E-state index < -0.39 is 0 Å². The van der Waals surface area contributed by atoms with Gasteiger partial charge in [0.1, 0.15) is 0 Å². The molecule has 102 valence electrons. The fourth-order valence-corrected chi connectivity index (χ4v) is 3.02. The third-order valence-corrected chi connectivity index (χ3v) is 3.92. The van der Waals surface area contributed by atoms with Crippen molar-refractivity contribution >= 4 is 17.2 Å². The monoisotopic (exact) mass is 269 g/mol. The lowest BCUT2D eigenvalue weighted by Gasteiger charge is -2.26. The summed E-state index contributed by atoms with van der Waals surface area (Å²) in [5.74, 6) is 0.0418. The largest absolute Gasteiger partial charge is 0.353 e. The van der Waals surface area contributed by atoms with Gasteiger partial charge in [0.2, 0.25) is 5.91 Å². The molecule has 1 unspecified atom stereocenters. The minimum absolute atomic E-state index is 0.0418. The number of hydrogen-bond donors (Lipinski definition) is 2. The summed E-state index contributed by atoms with van der Waals surface area (Å²) in [5, 5.41) is 4.96. The predicted molar refractivity (Wildman–Crippen MR) is 76.8 cm³/mol. The van der Waals surface area contributed by atoms with E-state index in [0.717, 1.165) is 0 Å². The summed E-state index contributed by atoms with van der Waals surface area (Å²) < 4.78 is 0. The number of amides is 1. The lowest BCUT2D eigenvalue weighted by molar-refractivity contribution is -0.122. The van der Waals surface area contributed by atoms with Crippen molar-refractivity contribution in [3.8, 4) is 0 Å². The molecule has 0 aliphatic rings. The second-order valence-electron chi connectivity index (χ2n) is 4.86. The molecule has 1 aromatic rings. The number of carbonyl (C=O) groups excluding carboxylic acids is 1. The molecule has 5 heteroatoms. The fourth-order valence-electron chi connectivity index (χ4n) is 1.92. The molecule has 0 aromatic carbocycles. The van der Waals surface area contributed by atoms with Crippen LogP contribution >= 0.6 is 11.3 Å². The van der Waals surface area contributed by atoms with Gasteiger partial charge in [-0.3, -0.25) is 9.69 Å². The Labute approximate surface area is 113 Å². The van der Waals surface area contributed by atoms with Crippen LogP contribution in [0.3, 0.4) is 0 Å². The van der Waals surface area contributed by atoms with Gasteiger partial charge in [0, 0.05) is 17.5 Å². The molecule has 3 N–H and O–H groups in total. The molecule has 0 aliphatic heterocycles. The van der Waals surface area contributed by atoms with Gasteiger partial charge >= 0.3 is 0 Å². The van der Waals surface area contributed by atoms with Crippen molar-refractivity contribution in [1.82, 2.24) is 10.2 Å². The van der Waals surface area contributed by atoms with Crippen LogP contribution in [0.25, 0.3) is 0 Å².